The van der Waals surface area contributed by atoms with Crippen LogP contribution in [0, 0.1) is 11.7 Å². The lowest BCUT2D eigenvalue weighted by atomic mass is 9.98. The smallest absolute Gasteiger partial charge is 0.310 e. The van der Waals surface area contributed by atoms with Crippen LogP contribution in [0.3, 0.4) is 0 Å². The van der Waals surface area contributed by atoms with Gasteiger partial charge in [0.2, 0.25) is 5.91 Å². The van der Waals surface area contributed by atoms with Gasteiger partial charge in [-0.25, -0.2) is 4.39 Å². The van der Waals surface area contributed by atoms with Crippen LogP contribution in [-0.2, 0) is 14.3 Å². The molecule has 1 fully saturated rings. The van der Waals surface area contributed by atoms with Gasteiger partial charge in [0.1, 0.15) is 5.82 Å². The molecule has 5 nitrogen and oxygen atoms in total. The predicted octanol–water partition coefficient (Wildman–Crippen LogP) is 3.19. The van der Waals surface area contributed by atoms with E-state index in [2.05, 4.69) is 26.1 Å². The van der Waals surface area contributed by atoms with Gasteiger partial charge in [0.25, 0.3) is 0 Å². The predicted molar refractivity (Wildman–Crippen MR) is 93.1 cm³/mol. The Labute approximate surface area is 149 Å². The second-order valence-corrected chi connectivity index (χ2v) is 6.73. The molecule has 0 saturated carbocycles. The van der Waals surface area contributed by atoms with Gasteiger partial charge >= 0.3 is 5.97 Å². The zero-order valence-corrected chi connectivity index (χ0v) is 15.3. The summed E-state index contributed by atoms with van der Waals surface area (Å²) in [4.78, 5) is 25.9. The number of halogens is 2. The quantitative estimate of drug-likeness (QED) is 0.744. The molecule has 0 spiro atoms. The molecule has 2 rings (SSSR count). The first kappa shape index (κ1) is 18.9. The van der Waals surface area contributed by atoms with Gasteiger partial charge in [-0.3, -0.25) is 9.59 Å². The Balaban J connectivity index is 1.79. The molecule has 132 valence electrons. The number of hydrogen-bond acceptors (Lipinski definition) is 4. The van der Waals surface area contributed by atoms with Gasteiger partial charge in [-0.15, -0.1) is 0 Å². The second kappa shape index (κ2) is 9.13. The van der Waals surface area contributed by atoms with E-state index >= 15 is 0 Å². The molecule has 0 bridgehead atoms. The number of ether oxygens (including phenoxy) is 1. The third-order valence-corrected chi connectivity index (χ3v) is 4.48. The summed E-state index contributed by atoms with van der Waals surface area (Å²) in [6.07, 6.45) is 1.99. The molecular formula is C17H22BrFN2O3. The maximum atomic E-state index is 13.7. The van der Waals surface area contributed by atoms with Crippen LogP contribution in [0.5, 0.6) is 0 Å². The maximum Gasteiger partial charge on any atom is 0.310 e. The molecule has 7 heteroatoms. The van der Waals surface area contributed by atoms with E-state index in [1.807, 2.05) is 0 Å². The maximum absolute atomic E-state index is 13.7. The van der Waals surface area contributed by atoms with Gasteiger partial charge in [-0.2, -0.15) is 0 Å². The number of rotatable bonds is 6. The van der Waals surface area contributed by atoms with Crippen molar-refractivity contribution in [2.75, 3.05) is 31.6 Å². The highest BCUT2D eigenvalue weighted by atomic mass is 79.9. The van der Waals surface area contributed by atoms with Crippen molar-refractivity contribution in [2.45, 2.75) is 26.2 Å². The standard InChI is InChI=1S/C17H22BrFN2O3/c1-2-24-17(23)12-4-3-8-21(11-12)9-7-16(22)20-15-6-5-13(18)10-14(15)19/h5-6,10,12H,2-4,7-9,11H2,1H3,(H,20,22). The molecule has 1 aromatic rings. The largest absolute Gasteiger partial charge is 0.466 e. The van der Waals surface area contributed by atoms with Crippen molar-refractivity contribution >= 4 is 33.5 Å². The molecule has 1 saturated heterocycles. The number of benzene rings is 1. The lowest BCUT2D eigenvalue weighted by Crippen LogP contribution is -2.40. The first-order chi connectivity index (χ1) is 11.5. The molecule has 1 aromatic carbocycles. The fourth-order valence-electron chi connectivity index (χ4n) is 2.77. The number of piperidine rings is 1. The van der Waals surface area contributed by atoms with Crippen LogP contribution in [-0.4, -0.2) is 43.0 Å². The van der Waals surface area contributed by atoms with E-state index in [4.69, 9.17) is 4.74 Å². The molecule has 1 N–H and O–H groups in total. The highest BCUT2D eigenvalue weighted by Gasteiger charge is 2.26. The van der Waals surface area contributed by atoms with Crippen LogP contribution >= 0.6 is 15.9 Å². The normalized spacial score (nSPS) is 18.2. The van der Waals surface area contributed by atoms with E-state index in [0.717, 1.165) is 19.4 Å². The van der Waals surface area contributed by atoms with Gasteiger partial charge < -0.3 is 15.0 Å². The Morgan fingerprint density at radius 3 is 2.96 bits per heavy atom. The van der Waals surface area contributed by atoms with Crippen LogP contribution in [0.4, 0.5) is 10.1 Å². The molecule has 1 aliphatic rings. The molecule has 1 heterocycles. The SMILES string of the molecule is CCOC(=O)C1CCCN(CCC(=O)Nc2ccc(Br)cc2F)C1. The third-order valence-electron chi connectivity index (χ3n) is 3.99. The monoisotopic (exact) mass is 400 g/mol. The molecule has 24 heavy (non-hydrogen) atoms. The Kier molecular flexibility index (Phi) is 7.17. The van der Waals surface area contributed by atoms with Crippen molar-refractivity contribution in [1.29, 1.82) is 0 Å². The van der Waals surface area contributed by atoms with Gasteiger partial charge in [-0.1, -0.05) is 15.9 Å². The summed E-state index contributed by atoms with van der Waals surface area (Å²) in [6.45, 7) is 4.19. The number of likely N-dealkylation sites (tertiary alicyclic amines) is 1. The Morgan fingerprint density at radius 1 is 1.46 bits per heavy atom. The van der Waals surface area contributed by atoms with Crippen molar-refractivity contribution in [1.82, 2.24) is 4.90 Å². The average Bonchev–Trinajstić information content (AvgIpc) is 2.56. The number of hydrogen-bond donors (Lipinski definition) is 1. The molecule has 1 unspecified atom stereocenters. The molecule has 1 aliphatic heterocycles. The minimum absolute atomic E-state index is 0.120. The number of amides is 1. The zero-order valence-electron chi connectivity index (χ0n) is 13.7. The van der Waals surface area contributed by atoms with Crippen LogP contribution in [0.25, 0.3) is 0 Å². The van der Waals surface area contributed by atoms with Gasteiger partial charge in [-0.05, 0) is 44.5 Å². The molecule has 0 aromatic heterocycles. The number of anilines is 1. The number of esters is 1. The second-order valence-electron chi connectivity index (χ2n) is 5.81. The molecule has 1 amide bonds. The Hall–Kier alpha value is -1.47. The van der Waals surface area contributed by atoms with Gasteiger partial charge in [0, 0.05) is 24.0 Å². The number of carbonyl (C=O) groups is 2. The summed E-state index contributed by atoms with van der Waals surface area (Å²) in [7, 11) is 0. The van der Waals surface area contributed by atoms with Gasteiger partial charge in [0.05, 0.1) is 18.2 Å². The van der Waals surface area contributed by atoms with Crippen molar-refractivity contribution in [3.63, 3.8) is 0 Å². The number of carbonyl (C=O) groups excluding carboxylic acids is 2. The summed E-state index contributed by atoms with van der Waals surface area (Å²) >= 11 is 3.18. The molecular weight excluding hydrogens is 379 g/mol. The molecule has 0 aliphatic carbocycles. The summed E-state index contributed by atoms with van der Waals surface area (Å²) in [5.41, 5.74) is 0.172. The van der Waals surface area contributed by atoms with Crippen molar-refractivity contribution in [2.24, 2.45) is 5.92 Å². The van der Waals surface area contributed by atoms with E-state index in [0.29, 0.717) is 24.2 Å². The molecule has 1 atom stereocenters. The van der Waals surface area contributed by atoms with Crippen molar-refractivity contribution < 1.29 is 18.7 Å². The van der Waals surface area contributed by atoms with Crippen LogP contribution in [0.15, 0.2) is 22.7 Å². The highest BCUT2D eigenvalue weighted by molar-refractivity contribution is 9.10. The molecule has 0 radical (unpaired) electrons. The highest BCUT2D eigenvalue weighted by Crippen LogP contribution is 2.20. The Bertz CT molecular complexity index is 597. The van der Waals surface area contributed by atoms with E-state index in [1.165, 1.54) is 12.1 Å². The van der Waals surface area contributed by atoms with E-state index in [1.54, 1.807) is 13.0 Å². The van der Waals surface area contributed by atoms with Crippen LogP contribution in [0.2, 0.25) is 0 Å². The van der Waals surface area contributed by atoms with Crippen LogP contribution in [0.1, 0.15) is 26.2 Å². The third kappa shape index (κ3) is 5.56. The van der Waals surface area contributed by atoms with E-state index in [9.17, 15) is 14.0 Å². The topological polar surface area (TPSA) is 58.6 Å². The van der Waals surface area contributed by atoms with Gasteiger partial charge in [0.15, 0.2) is 0 Å². The summed E-state index contributed by atoms with van der Waals surface area (Å²) in [6, 6.07) is 4.51. The van der Waals surface area contributed by atoms with Crippen molar-refractivity contribution in [3.8, 4) is 0 Å². The first-order valence-electron chi connectivity index (χ1n) is 8.13. The Morgan fingerprint density at radius 2 is 2.25 bits per heavy atom. The summed E-state index contributed by atoms with van der Waals surface area (Å²) in [5.74, 6) is -0.998. The lowest BCUT2D eigenvalue weighted by Gasteiger charge is -2.31. The number of nitrogens with one attached hydrogen (secondary N) is 1. The lowest BCUT2D eigenvalue weighted by molar-refractivity contribution is -0.149. The van der Waals surface area contributed by atoms with Crippen molar-refractivity contribution in [3.05, 3.63) is 28.5 Å². The summed E-state index contributed by atoms with van der Waals surface area (Å²) in [5, 5.41) is 2.58. The van der Waals surface area contributed by atoms with E-state index in [-0.39, 0.29) is 29.9 Å². The van der Waals surface area contributed by atoms with E-state index < -0.39 is 5.82 Å². The minimum Gasteiger partial charge on any atom is -0.466 e. The average molecular weight is 401 g/mol. The summed E-state index contributed by atoms with van der Waals surface area (Å²) < 4.78 is 19.4. The minimum atomic E-state index is -0.474. The number of nitrogens with zero attached hydrogens (tertiary/aromatic N) is 1. The fourth-order valence-corrected chi connectivity index (χ4v) is 3.11. The zero-order chi connectivity index (χ0) is 17.5. The fraction of sp³-hybridized carbons (Fsp3) is 0.529. The first-order valence-corrected chi connectivity index (χ1v) is 8.92. The van der Waals surface area contributed by atoms with Crippen LogP contribution < -0.4 is 5.32 Å².